The van der Waals surface area contributed by atoms with Gasteiger partial charge in [-0.15, -0.1) is 0 Å². The number of hydrogen-bond donors (Lipinski definition) is 3. The molecule has 168 valence electrons. The third kappa shape index (κ3) is 3.84. The number of urea groups is 1. The number of carbonyl (C=O) groups excluding carboxylic acids is 1. The van der Waals surface area contributed by atoms with E-state index in [0.717, 1.165) is 53.8 Å². The monoisotopic (exact) mass is 452 g/mol. The number of halogens is 3. The first kappa shape index (κ1) is 20.8. The molecule has 0 bridgehead atoms. The number of alkyl halides is 3. The van der Waals surface area contributed by atoms with Crippen molar-refractivity contribution in [3.05, 3.63) is 71.7 Å². The molecule has 2 heterocycles. The van der Waals surface area contributed by atoms with Gasteiger partial charge in [-0.3, -0.25) is 0 Å². The summed E-state index contributed by atoms with van der Waals surface area (Å²) in [6, 6.07) is 10.9. The fourth-order valence-electron chi connectivity index (χ4n) is 4.24. The molecule has 0 saturated carbocycles. The van der Waals surface area contributed by atoms with Gasteiger partial charge in [0.1, 0.15) is 11.8 Å². The first-order valence-corrected chi connectivity index (χ1v) is 10.3. The molecule has 4 N–H and O–H groups in total. The molecule has 0 saturated heterocycles. The van der Waals surface area contributed by atoms with E-state index < -0.39 is 17.8 Å². The molecular formula is C23H19F3N6O. The van der Waals surface area contributed by atoms with E-state index in [1.165, 1.54) is 24.0 Å². The molecule has 0 atom stereocenters. The maximum atomic E-state index is 12.9. The molecule has 1 aliphatic rings. The van der Waals surface area contributed by atoms with Crippen LogP contribution >= 0.6 is 0 Å². The summed E-state index contributed by atoms with van der Waals surface area (Å²) in [5, 5.41) is 5.05. The predicted octanol–water partition coefficient (Wildman–Crippen LogP) is 5.15. The Hall–Kier alpha value is -4.08. The van der Waals surface area contributed by atoms with Crippen LogP contribution in [-0.2, 0) is 19.0 Å². The summed E-state index contributed by atoms with van der Waals surface area (Å²) in [5.41, 5.74) is 10.7. The maximum absolute atomic E-state index is 12.9. The zero-order valence-corrected chi connectivity index (χ0v) is 17.3. The van der Waals surface area contributed by atoms with Gasteiger partial charge >= 0.3 is 12.2 Å². The minimum atomic E-state index is -4.48. The van der Waals surface area contributed by atoms with Crippen LogP contribution in [0.2, 0.25) is 0 Å². The summed E-state index contributed by atoms with van der Waals surface area (Å²) in [5.74, 6) is 0.400. The zero-order valence-electron chi connectivity index (χ0n) is 17.3. The molecule has 33 heavy (non-hydrogen) atoms. The van der Waals surface area contributed by atoms with E-state index in [2.05, 4.69) is 25.2 Å². The molecule has 0 spiro atoms. The number of rotatable bonds is 3. The van der Waals surface area contributed by atoms with Gasteiger partial charge in [0.25, 0.3) is 0 Å². The number of hydrogen-bond acceptors (Lipinski definition) is 4. The summed E-state index contributed by atoms with van der Waals surface area (Å²) in [7, 11) is 0. The molecule has 1 aliphatic carbocycles. The molecule has 2 aromatic carbocycles. The van der Waals surface area contributed by atoms with Crippen molar-refractivity contribution in [3.8, 4) is 5.69 Å². The van der Waals surface area contributed by atoms with Crippen LogP contribution in [0.1, 0.15) is 23.2 Å². The van der Waals surface area contributed by atoms with E-state index in [0.29, 0.717) is 11.5 Å². The molecule has 0 fully saturated rings. The number of aromatic nitrogens is 3. The predicted molar refractivity (Wildman–Crippen MR) is 119 cm³/mol. The standard InChI is InChI=1S/C23H19F3N6O/c24-23(25,26)13-3-1-4-15(11-13)31-22(33)30-14-7-9-16(10-8-14)32-18-6-2-5-17(18)19-20(32)21(27)29-12-28-19/h1,3-4,7-12H,2,5-6H2,(H2,27,28,29)(H2,30,31,33). The Kier molecular flexibility index (Phi) is 4.92. The minimum absolute atomic E-state index is 0.0452. The smallest absolute Gasteiger partial charge is 0.382 e. The second kappa shape index (κ2) is 7.80. The van der Waals surface area contributed by atoms with Gasteiger partial charge in [0.15, 0.2) is 5.82 Å². The number of carbonyl (C=O) groups is 1. The highest BCUT2D eigenvalue weighted by atomic mass is 19.4. The van der Waals surface area contributed by atoms with Crippen molar-refractivity contribution < 1.29 is 18.0 Å². The second-order valence-electron chi connectivity index (χ2n) is 7.77. The van der Waals surface area contributed by atoms with Crippen molar-refractivity contribution in [2.75, 3.05) is 16.4 Å². The van der Waals surface area contributed by atoms with Crippen LogP contribution in [0.25, 0.3) is 16.7 Å². The van der Waals surface area contributed by atoms with Crippen molar-refractivity contribution in [2.45, 2.75) is 25.4 Å². The molecule has 0 radical (unpaired) electrons. The highest BCUT2D eigenvalue weighted by Gasteiger charge is 2.30. The topological polar surface area (TPSA) is 97.9 Å². The largest absolute Gasteiger partial charge is 0.416 e. The quantitative estimate of drug-likeness (QED) is 0.400. The summed E-state index contributed by atoms with van der Waals surface area (Å²) < 4.78 is 40.7. The van der Waals surface area contributed by atoms with Gasteiger partial charge < -0.3 is 20.9 Å². The fourth-order valence-corrected chi connectivity index (χ4v) is 4.24. The Morgan fingerprint density at radius 3 is 2.52 bits per heavy atom. The van der Waals surface area contributed by atoms with E-state index in [9.17, 15) is 18.0 Å². The van der Waals surface area contributed by atoms with Crippen molar-refractivity contribution in [3.63, 3.8) is 0 Å². The Morgan fingerprint density at radius 1 is 1.00 bits per heavy atom. The van der Waals surface area contributed by atoms with Crippen LogP contribution in [0.3, 0.4) is 0 Å². The molecule has 0 aliphatic heterocycles. The molecule has 10 heteroatoms. The highest BCUT2D eigenvalue weighted by Crippen LogP contribution is 2.36. The Labute approximate surface area is 186 Å². The van der Waals surface area contributed by atoms with Crippen molar-refractivity contribution in [1.82, 2.24) is 14.5 Å². The second-order valence-corrected chi connectivity index (χ2v) is 7.77. The van der Waals surface area contributed by atoms with Gasteiger partial charge in [-0.05, 0) is 67.3 Å². The maximum Gasteiger partial charge on any atom is 0.416 e. The average molecular weight is 452 g/mol. The van der Waals surface area contributed by atoms with Crippen LogP contribution in [0, 0.1) is 0 Å². The number of fused-ring (bicyclic) bond motifs is 3. The lowest BCUT2D eigenvalue weighted by atomic mass is 10.2. The Balaban J connectivity index is 1.37. The van der Waals surface area contributed by atoms with E-state index in [1.807, 2.05) is 12.1 Å². The molecule has 2 aromatic heterocycles. The van der Waals surface area contributed by atoms with E-state index >= 15 is 0 Å². The van der Waals surface area contributed by atoms with Gasteiger partial charge in [0.05, 0.1) is 11.1 Å². The van der Waals surface area contributed by atoms with Gasteiger partial charge in [-0.25, -0.2) is 14.8 Å². The van der Waals surface area contributed by atoms with E-state index in [1.54, 1.807) is 12.1 Å². The third-order valence-corrected chi connectivity index (χ3v) is 5.65. The summed E-state index contributed by atoms with van der Waals surface area (Å²) in [6.45, 7) is 0. The lowest BCUT2D eigenvalue weighted by molar-refractivity contribution is -0.137. The third-order valence-electron chi connectivity index (χ3n) is 5.65. The van der Waals surface area contributed by atoms with Crippen molar-refractivity contribution in [1.29, 1.82) is 0 Å². The summed E-state index contributed by atoms with van der Waals surface area (Å²) in [4.78, 5) is 20.9. The van der Waals surface area contributed by atoms with E-state index in [4.69, 9.17) is 5.73 Å². The number of nitrogens with two attached hydrogens (primary N) is 1. The molecule has 7 nitrogen and oxygen atoms in total. The minimum Gasteiger partial charge on any atom is -0.382 e. The molecule has 4 aromatic rings. The van der Waals surface area contributed by atoms with Crippen LogP contribution in [0.4, 0.5) is 35.2 Å². The number of anilines is 3. The molecule has 0 unspecified atom stereocenters. The van der Waals surface area contributed by atoms with Gasteiger partial charge in [0, 0.05) is 22.8 Å². The first-order chi connectivity index (χ1) is 15.8. The molecule has 2 amide bonds. The van der Waals surface area contributed by atoms with Crippen LogP contribution in [0.5, 0.6) is 0 Å². The van der Waals surface area contributed by atoms with E-state index in [-0.39, 0.29) is 5.69 Å². The van der Waals surface area contributed by atoms with Crippen molar-refractivity contribution in [2.24, 2.45) is 0 Å². The average Bonchev–Trinajstić information content (AvgIpc) is 3.36. The lowest BCUT2D eigenvalue weighted by Crippen LogP contribution is -2.19. The van der Waals surface area contributed by atoms with Crippen molar-refractivity contribution >= 4 is 34.3 Å². The normalized spacial score (nSPS) is 13.2. The van der Waals surface area contributed by atoms with Crippen LogP contribution in [-0.4, -0.2) is 20.6 Å². The summed E-state index contributed by atoms with van der Waals surface area (Å²) in [6.07, 6.45) is -0.132. The number of amides is 2. The Bertz CT molecular complexity index is 1360. The van der Waals surface area contributed by atoms with Gasteiger partial charge in [-0.1, -0.05) is 6.07 Å². The molecule has 5 rings (SSSR count). The SMILES string of the molecule is Nc1ncnc2c3c(n(-c4ccc(NC(=O)Nc5cccc(C(F)(F)F)c5)cc4)c12)CCC3. The van der Waals surface area contributed by atoms with Gasteiger partial charge in [-0.2, -0.15) is 13.2 Å². The summed E-state index contributed by atoms with van der Waals surface area (Å²) >= 11 is 0. The number of nitrogens with zero attached hydrogens (tertiary/aromatic N) is 3. The van der Waals surface area contributed by atoms with Crippen LogP contribution in [0.15, 0.2) is 54.9 Å². The first-order valence-electron chi connectivity index (χ1n) is 10.3. The number of aryl methyl sites for hydroxylation is 1. The number of nitrogens with one attached hydrogen (secondary N) is 2. The Morgan fingerprint density at radius 2 is 1.76 bits per heavy atom. The zero-order chi connectivity index (χ0) is 23.2. The van der Waals surface area contributed by atoms with Gasteiger partial charge in [0.2, 0.25) is 0 Å². The fraction of sp³-hybridized carbons (Fsp3) is 0.174. The number of nitrogen functional groups attached to an aromatic ring is 1. The number of benzene rings is 2. The molecular weight excluding hydrogens is 433 g/mol. The highest BCUT2D eigenvalue weighted by molar-refractivity contribution is 6.00. The van der Waals surface area contributed by atoms with Crippen LogP contribution < -0.4 is 16.4 Å². The lowest BCUT2D eigenvalue weighted by Gasteiger charge is -2.13.